The molecule has 0 spiro atoms. The minimum atomic E-state index is -0.228. The van der Waals surface area contributed by atoms with Gasteiger partial charge in [0.2, 0.25) is 5.91 Å². The molecular weight excluding hydrogens is 291 g/mol. The molecule has 120 valence electrons. The van der Waals surface area contributed by atoms with Crippen molar-refractivity contribution in [1.29, 1.82) is 0 Å². The molecule has 0 unspecified atom stereocenters. The summed E-state index contributed by atoms with van der Waals surface area (Å²) in [4.78, 5) is 16.0. The van der Waals surface area contributed by atoms with E-state index in [1.54, 1.807) is 25.4 Å². The summed E-state index contributed by atoms with van der Waals surface area (Å²) in [6, 6.07) is 6.75. The molecule has 1 aromatic carbocycles. The van der Waals surface area contributed by atoms with E-state index in [9.17, 15) is 9.18 Å². The Hall–Kier alpha value is -2.23. The first-order valence-corrected chi connectivity index (χ1v) is 8.05. The number of fused-ring (bicyclic) bond motifs is 1. The average Bonchev–Trinajstić information content (AvgIpc) is 2.60. The van der Waals surface area contributed by atoms with Gasteiger partial charge in [-0.3, -0.25) is 9.78 Å². The van der Waals surface area contributed by atoms with Gasteiger partial charge >= 0.3 is 0 Å². The predicted molar refractivity (Wildman–Crippen MR) is 89.6 cm³/mol. The van der Waals surface area contributed by atoms with Crippen molar-refractivity contribution in [2.45, 2.75) is 31.6 Å². The van der Waals surface area contributed by atoms with Crippen LogP contribution in [0.3, 0.4) is 0 Å². The molecule has 1 heterocycles. The Morgan fingerprint density at radius 2 is 2.00 bits per heavy atom. The second-order valence-electron chi connectivity index (χ2n) is 6.21. The van der Waals surface area contributed by atoms with Crippen LogP contribution in [0, 0.1) is 11.7 Å². The molecule has 0 bridgehead atoms. The van der Waals surface area contributed by atoms with Crippen LogP contribution in [0.25, 0.3) is 10.9 Å². The van der Waals surface area contributed by atoms with Crippen molar-refractivity contribution in [2.24, 2.45) is 5.92 Å². The molecule has 1 amide bonds. The fraction of sp³-hybridized carbons (Fsp3) is 0.368. The summed E-state index contributed by atoms with van der Waals surface area (Å²) in [5, 5.41) is 3.55. The summed E-state index contributed by atoms with van der Waals surface area (Å²) >= 11 is 0. The van der Waals surface area contributed by atoms with Crippen LogP contribution in [0.15, 0.2) is 42.6 Å². The van der Waals surface area contributed by atoms with Crippen molar-refractivity contribution in [2.75, 3.05) is 7.05 Å². The maximum atomic E-state index is 13.6. The highest BCUT2D eigenvalue weighted by atomic mass is 19.1. The number of carbonyl (C=O) groups excluding carboxylic acids is 1. The number of likely N-dealkylation sites (N-methyl/N-ethyl adjacent to an activating group) is 1. The topological polar surface area (TPSA) is 42.0 Å². The third-order valence-corrected chi connectivity index (χ3v) is 4.92. The molecule has 1 saturated carbocycles. The molecule has 1 fully saturated rings. The van der Waals surface area contributed by atoms with Crippen molar-refractivity contribution >= 4 is 16.8 Å². The van der Waals surface area contributed by atoms with E-state index in [2.05, 4.69) is 16.9 Å². The summed E-state index contributed by atoms with van der Waals surface area (Å²) in [6.45, 7) is 3.94. The van der Waals surface area contributed by atoms with Crippen molar-refractivity contribution < 1.29 is 9.18 Å². The molecule has 1 aliphatic carbocycles. The van der Waals surface area contributed by atoms with Crippen LogP contribution >= 0.6 is 0 Å². The highest BCUT2D eigenvalue weighted by Gasteiger charge is 2.27. The van der Waals surface area contributed by atoms with Gasteiger partial charge in [0.15, 0.2) is 0 Å². The van der Waals surface area contributed by atoms with Crippen LogP contribution in [-0.2, 0) is 4.79 Å². The van der Waals surface area contributed by atoms with Gasteiger partial charge in [-0.25, -0.2) is 4.39 Å². The Labute approximate surface area is 135 Å². The number of carbonyl (C=O) groups is 1. The van der Waals surface area contributed by atoms with Gasteiger partial charge in [-0.05, 0) is 67.3 Å². The van der Waals surface area contributed by atoms with Gasteiger partial charge < -0.3 is 5.32 Å². The van der Waals surface area contributed by atoms with Crippen molar-refractivity contribution in [3.05, 3.63) is 54.0 Å². The summed E-state index contributed by atoms with van der Waals surface area (Å²) < 4.78 is 13.6. The van der Waals surface area contributed by atoms with E-state index >= 15 is 0 Å². The maximum absolute atomic E-state index is 13.6. The lowest BCUT2D eigenvalue weighted by Crippen LogP contribution is -2.26. The monoisotopic (exact) mass is 312 g/mol. The minimum absolute atomic E-state index is 0.0649. The highest BCUT2D eigenvalue weighted by Crippen LogP contribution is 2.40. The van der Waals surface area contributed by atoms with Crippen LogP contribution < -0.4 is 5.32 Å². The Balaban J connectivity index is 1.79. The number of hydrogen-bond acceptors (Lipinski definition) is 2. The third-order valence-electron chi connectivity index (χ3n) is 4.92. The first-order chi connectivity index (χ1) is 11.1. The quantitative estimate of drug-likeness (QED) is 0.872. The van der Waals surface area contributed by atoms with E-state index in [0.29, 0.717) is 11.5 Å². The van der Waals surface area contributed by atoms with E-state index in [-0.39, 0.29) is 17.6 Å². The highest BCUT2D eigenvalue weighted by molar-refractivity contribution is 5.93. The van der Waals surface area contributed by atoms with Gasteiger partial charge in [-0.1, -0.05) is 6.58 Å². The fourth-order valence-electron chi connectivity index (χ4n) is 3.59. The Morgan fingerprint density at radius 3 is 2.70 bits per heavy atom. The van der Waals surface area contributed by atoms with Gasteiger partial charge in [0.25, 0.3) is 0 Å². The van der Waals surface area contributed by atoms with Gasteiger partial charge in [-0.2, -0.15) is 0 Å². The maximum Gasteiger partial charge on any atom is 0.246 e. The van der Waals surface area contributed by atoms with E-state index in [1.807, 2.05) is 6.07 Å². The Bertz CT molecular complexity index is 748. The smallest absolute Gasteiger partial charge is 0.246 e. The van der Waals surface area contributed by atoms with Gasteiger partial charge in [0.05, 0.1) is 5.52 Å². The lowest BCUT2D eigenvalue weighted by atomic mass is 9.75. The number of hydrogen-bond donors (Lipinski definition) is 1. The molecule has 0 saturated heterocycles. The number of amides is 1. The normalized spacial score (nSPS) is 21.1. The van der Waals surface area contributed by atoms with E-state index < -0.39 is 0 Å². The Morgan fingerprint density at radius 1 is 1.26 bits per heavy atom. The molecule has 23 heavy (non-hydrogen) atoms. The molecule has 1 aromatic heterocycles. The number of nitrogens with one attached hydrogen (secondary N) is 1. The van der Waals surface area contributed by atoms with Gasteiger partial charge in [-0.15, -0.1) is 0 Å². The third kappa shape index (κ3) is 3.11. The molecular formula is C19H21FN2O. The number of aromatic nitrogens is 1. The van der Waals surface area contributed by atoms with E-state index in [4.69, 9.17) is 0 Å². The molecule has 1 aliphatic rings. The zero-order valence-corrected chi connectivity index (χ0v) is 13.3. The van der Waals surface area contributed by atoms with Gasteiger partial charge in [0, 0.05) is 24.2 Å². The first kappa shape index (κ1) is 15.7. The largest absolute Gasteiger partial charge is 0.355 e. The molecule has 0 atom stereocenters. The molecule has 3 rings (SSSR count). The van der Waals surface area contributed by atoms with Crippen LogP contribution in [0.1, 0.15) is 37.2 Å². The number of nitrogens with zero attached hydrogens (tertiary/aromatic N) is 1. The van der Waals surface area contributed by atoms with Crippen LogP contribution in [0.5, 0.6) is 0 Å². The van der Waals surface area contributed by atoms with Crippen molar-refractivity contribution in [1.82, 2.24) is 10.3 Å². The number of halogens is 1. The lowest BCUT2D eigenvalue weighted by Gasteiger charge is -2.30. The van der Waals surface area contributed by atoms with Crippen LogP contribution in [0.4, 0.5) is 4.39 Å². The van der Waals surface area contributed by atoms with Gasteiger partial charge in [0.1, 0.15) is 5.82 Å². The SMILES string of the molecule is C=C(C(=O)NC)C1CCC(c2ccnc3ccc(F)cc23)CC1. The van der Waals surface area contributed by atoms with Crippen molar-refractivity contribution in [3.63, 3.8) is 0 Å². The summed E-state index contributed by atoms with van der Waals surface area (Å²) in [5.41, 5.74) is 2.68. The average molecular weight is 312 g/mol. The number of benzene rings is 1. The molecule has 2 aromatic rings. The van der Waals surface area contributed by atoms with Crippen LogP contribution in [0.2, 0.25) is 0 Å². The second-order valence-corrected chi connectivity index (χ2v) is 6.21. The van der Waals surface area contributed by atoms with Crippen molar-refractivity contribution in [3.8, 4) is 0 Å². The minimum Gasteiger partial charge on any atom is -0.355 e. The summed E-state index contributed by atoms with van der Waals surface area (Å²) in [6.07, 6.45) is 5.64. The number of pyridine rings is 1. The van der Waals surface area contributed by atoms with E-state index in [0.717, 1.165) is 36.6 Å². The van der Waals surface area contributed by atoms with E-state index in [1.165, 1.54) is 11.6 Å². The molecule has 0 radical (unpaired) electrons. The zero-order chi connectivity index (χ0) is 16.4. The predicted octanol–water partition coefficient (Wildman–Crippen LogP) is 3.95. The zero-order valence-electron chi connectivity index (χ0n) is 13.3. The first-order valence-electron chi connectivity index (χ1n) is 8.05. The second kappa shape index (κ2) is 6.49. The standard InChI is InChI=1S/C19H21FN2O/c1-12(19(23)21-2)13-3-5-14(6-4-13)16-9-10-22-18-8-7-15(20)11-17(16)18/h7-11,13-14H,1,3-6H2,2H3,(H,21,23). The number of rotatable bonds is 3. The summed E-state index contributed by atoms with van der Waals surface area (Å²) in [7, 11) is 1.64. The molecule has 3 nitrogen and oxygen atoms in total. The Kier molecular flexibility index (Phi) is 4.42. The van der Waals surface area contributed by atoms with Crippen LogP contribution in [-0.4, -0.2) is 17.9 Å². The molecule has 0 aliphatic heterocycles. The fourth-order valence-corrected chi connectivity index (χ4v) is 3.59. The molecule has 1 N–H and O–H groups in total. The molecule has 4 heteroatoms. The lowest BCUT2D eigenvalue weighted by molar-refractivity contribution is -0.117. The summed E-state index contributed by atoms with van der Waals surface area (Å²) in [5.74, 6) is 0.338.